The van der Waals surface area contributed by atoms with Crippen LogP contribution in [0.5, 0.6) is 5.75 Å². The molecule has 0 atom stereocenters. The Labute approximate surface area is 151 Å². The number of nitrogens with one attached hydrogen (secondary N) is 2. The van der Waals surface area contributed by atoms with Gasteiger partial charge in [-0.25, -0.2) is 0 Å². The molecule has 0 spiro atoms. The lowest BCUT2D eigenvalue weighted by Gasteiger charge is -2.09. The number of hydrogen-bond acceptors (Lipinski definition) is 5. The molecule has 7 heteroatoms. The van der Waals surface area contributed by atoms with Crippen molar-refractivity contribution >= 4 is 29.2 Å². The number of anilines is 2. The van der Waals surface area contributed by atoms with E-state index >= 15 is 0 Å². The van der Waals surface area contributed by atoms with E-state index in [-0.39, 0.29) is 25.5 Å². The minimum Gasteiger partial charge on any atom is -0.484 e. The van der Waals surface area contributed by atoms with Crippen LogP contribution >= 0.6 is 0 Å². The smallest absolute Gasteiger partial charge is 0.315 e. The van der Waals surface area contributed by atoms with Gasteiger partial charge in [0.2, 0.25) is 5.91 Å². The van der Waals surface area contributed by atoms with Gasteiger partial charge in [0.15, 0.2) is 6.61 Å². The molecule has 0 bridgehead atoms. The highest BCUT2D eigenvalue weighted by Crippen LogP contribution is 2.16. The van der Waals surface area contributed by atoms with Gasteiger partial charge >= 0.3 is 5.97 Å². The predicted molar refractivity (Wildman–Crippen MR) is 96.9 cm³/mol. The monoisotopic (exact) mass is 356 g/mol. The van der Waals surface area contributed by atoms with E-state index in [4.69, 9.17) is 9.47 Å². The molecule has 0 aromatic heterocycles. The zero-order chi connectivity index (χ0) is 18.8. The highest BCUT2D eigenvalue weighted by Gasteiger charge is 2.11. The third-order valence-electron chi connectivity index (χ3n) is 3.15. The standard InChI is InChI=1S/C19H20N2O5/c1-2-25-19(24)12-17(22)20-14-7-6-8-15(11-14)21-18(23)13-26-16-9-4-3-5-10-16/h3-11H,2,12-13H2,1H3,(H,20,22)(H,21,23). The van der Waals surface area contributed by atoms with Gasteiger partial charge in [-0.1, -0.05) is 24.3 Å². The first-order valence-corrected chi connectivity index (χ1v) is 8.10. The van der Waals surface area contributed by atoms with Crippen molar-refractivity contribution in [1.29, 1.82) is 0 Å². The van der Waals surface area contributed by atoms with E-state index in [1.54, 1.807) is 43.3 Å². The highest BCUT2D eigenvalue weighted by molar-refractivity contribution is 6.02. The van der Waals surface area contributed by atoms with Gasteiger partial charge in [-0.05, 0) is 37.3 Å². The second kappa shape index (κ2) is 9.83. The first-order chi connectivity index (χ1) is 12.6. The van der Waals surface area contributed by atoms with Crippen LogP contribution in [0.25, 0.3) is 0 Å². The number of ether oxygens (including phenoxy) is 2. The van der Waals surface area contributed by atoms with Crippen LogP contribution < -0.4 is 15.4 Å². The Bertz CT molecular complexity index is 762. The number of rotatable bonds is 8. The molecular weight excluding hydrogens is 336 g/mol. The summed E-state index contributed by atoms with van der Waals surface area (Å²) < 4.78 is 10.1. The van der Waals surface area contributed by atoms with Gasteiger partial charge in [-0.15, -0.1) is 0 Å². The molecule has 136 valence electrons. The zero-order valence-corrected chi connectivity index (χ0v) is 14.4. The van der Waals surface area contributed by atoms with E-state index in [1.807, 2.05) is 18.2 Å². The SMILES string of the molecule is CCOC(=O)CC(=O)Nc1cccc(NC(=O)COc2ccccc2)c1. The molecule has 0 radical (unpaired) electrons. The average Bonchev–Trinajstić information content (AvgIpc) is 2.61. The molecule has 2 rings (SSSR count). The van der Waals surface area contributed by atoms with Crippen LogP contribution in [-0.2, 0) is 19.1 Å². The van der Waals surface area contributed by atoms with Crippen LogP contribution in [0.2, 0.25) is 0 Å². The Morgan fingerprint density at radius 3 is 2.19 bits per heavy atom. The summed E-state index contributed by atoms with van der Waals surface area (Å²) >= 11 is 0. The molecule has 0 saturated carbocycles. The number of carbonyl (C=O) groups excluding carboxylic acids is 3. The van der Waals surface area contributed by atoms with Crippen molar-refractivity contribution in [3.05, 3.63) is 54.6 Å². The summed E-state index contributed by atoms with van der Waals surface area (Å²) in [7, 11) is 0. The first kappa shape index (κ1) is 19.0. The maximum absolute atomic E-state index is 12.0. The van der Waals surface area contributed by atoms with Gasteiger partial charge in [-0.3, -0.25) is 14.4 Å². The fraction of sp³-hybridized carbons (Fsp3) is 0.211. The van der Waals surface area contributed by atoms with Gasteiger partial charge < -0.3 is 20.1 Å². The lowest BCUT2D eigenvalue weighted by atomic mass is 10.2. The number of hydrogen-bond donors (Lipinski definition) is 2. The van der Waals surface area contributed by atoms with Crippen LogP contribution in [0.1, 0.15) is 13.3 Å². The summed E-state index contributed by atoms with van der Waals surface area (Å²) in [6.45, 7) is 1.76. The molecule has 7 nitrogen and oxygen atoms in total. The predicted octanol–water partition coefficient (Wildman–Crippen LogP) is 2.60. The Morgan fingerprint density at radius 2 is 1.54 bits per heavy atom. The van der Waals surface area contributed by atoms with E-state index in [1.165, 1.54) is 0 Å². The molecule has 2 aromatic carbocycles. The van der Waals surface area contributed by atoms with Crippen molar-refractivity contribution in [3.63, 3.8) is 0 Å². The third-order valence-corrected chi connectivity index (χ3v) is 3.15. The summed E-state index contributed by atoms with van der Waals surface area (Å²) in [4.78, 5) is 35.0. The molecule has 0 unspecified atom stereocenters. The summed E-state index contributed by atoms with van der Waals surface area (Å²) in [5.74, 6) is -0.807. The topological polar surface area (TPSA) is 93.7 Å². The van der Waals surface area contributed by atoms with Gasteiger partial charge in [-0.2, -0.15) is 0 Å². The second-order valence-electron chi connectivity index (χ2n) is 5.26. The minimum absolute atomic E-state index is 0.135. The lowest BCUT2D eigenvalue weighted by molar-refractivity contribution is -0.145. The van der Waals surface area contributed by atoms with Crippen LogP contribution in [0.4, 0.5) is 11.4 Å². The van der Waals surface area contributed by atoms with E-state index in [0.717, 1.165) is 0 Å². The summed E-state index contributed by atoms with van der Waals surface area (Å²) in [6, 6.07) is 15.6. The van der Waals surface area contributed by atoms with Gasteiger partial charge in [0, 0.05) is 11.4 Å². The Morgan fingerprint density at radius 1 is 0.885 bits per heavy atom. The van der Waals surface area contributed by atoms with Crippen molar-refractivity contribution in [2.75, 3.05) is 23.8 Å². The maximum Gasteiger partial charge on any atom is 0.315 e. The van der Waals surface area contributed by atoms with Crippen LogP contribution in [0.15, 0.2) is 54.6 Å². The second-order valence-corrected chi connectivity index (χ2v) is 5.26. The number of benzene rings is 2. The van der Waals surface area contributed by atoms with Gasteiger partial charge in [0.05, 0.1) is 6.61 Å². The number of carbonyl (C=O) groups is 3. The van der Waals surface area contributed by atoms with Crippen molar-refractivity contribution in [1.82, 2.24) is 0 Å². The largest absolute Gasteiger partial charge is 0.484 e. The van der Waals surface area contributed by atoms with Gasteiger partial charge in [0.25, 0.3) is 5.91 Å². The Hall–Kier alpha value is -3.35. The molecule has 0 saturated heterocycles. The molecule has 2 N–H and O–H groups in total. The van der Waals surface area contributed by atoms with Gasteiger partial charge in [0.1, 0.15) is 12.2 Å². The van der Waals surface area contributed by atoms with Crippen molar-refractivity contribution in [3.8, 4) is 5.75 Å². The molecule has 26 heavy (non-hydrogen) atoms. The fourth-order valence-corrected chi connectivity index (χ4v) is 2.09. The van der Waals surface area contributed by atoms with Crippen molar-refractivity contribution in [2.24, 2.45) is 0 Å². The number of para-hydroxylation sites is 1. The van der Waals surface area contributed by atoms with Crippen LogP contribution in [0, 0.1) is 0 Å². The number of amides is 2. The molecule has 0 fully saturated rings. The summed E-state index contributed by atoms with van der Waals surface area (Å²) in [6.07, 6.45) is -0.366. The molecular formula is C19H20N2O5. The van der Waals surface area contributed by atoms with Crippen LogP contribution in [0.3, 0.4) is 0 Å². The van der Waals surface area contributed by atoms with Crippen molar-refractivity contribution in [2.45, 2.75) is 13.3 Å². The molecule has 0 aliphatic heterocycles. The van der Waals surface area contributed by atoms with E-state index in [9.17, 15) is 14.4 Å². The zero-order valence-electron chi connectivity index (χ0n) is 14.4. The normalized spacial score (nSPS) is 9.88. The van der Waals surface area contributed by atoms with Crippen molar-refractivity contribution < 1.29 is 23.9 Å². The molecule has 0 aliphatic carbocycles. The highest BCUT2D eigenvalue weighted by atomic mass is 16.5. The Balaban J connectivity index is 1.85. The van der Waals surface area contributed by atoms with Crippen LogP contribution in [-0.4, -0.2) is 31.0 Å². The number of esters is 1. The minimum atomic E-state index is -0.590. The van der Waals surface area contributed by atoms with E-state index in [2.05, 4.69) is 10.6 Å². The summed E-state index contributed by atoms with van der Waals surface area (Å²) in [5, 5.41) is 5.26. The maximum atomic E-state index is 12.0. The Kier molecular flexibility index (Phi) is 7.17. The first-order valence-electron chi connectivity index (χ1n) is 8.10. The average molecular weight is 356 g/mol. The third kappa shape index (κ3) is 6.64. The van der Waals surface area contributed by atoms with E-state index in [0.29, 0.717) is 17.1 Å². The molecule has 0 heterocycles. The molecule has 2 aromatic rings. The van der Waals surface area contributed by atoms with E-state index < -0.39 is 11.9 Å². The quantitative estimate of drug-likeness (QED) is 0.560. The lowest BCUT2D eigenvalue weighted by Crippen LogP contribution is -2.20. The fourth-order valence-electron chi connectivity index (χ4n) is 2.09. The molecule has 2 amide bonds. The molecule has 0 aliphatic rings. The summed E-state index contributed by atoms with van der Waals surface area (Å²) in [5.41, 5.74) is 0.960.